The zero-order valence-corrected chi connectivity index (χ0v) is 18.1. The van der Waals surface area contributed by atoms with Crippen LogP contribution in [0.15, 0.2) is 42.7 Å². The van der Waals surface area contributed by atoms with E-state index in [1.165, 1.54) is 23.7 Å². The van der Waals surface area contributed by atoms with Crippen LogP contribution in [-0.2, 0) is 23.0 Å². The van der Waals surface area contributed by atoms with Crippen LogP contribution in [0.3, 0.4) is 0 Å². The number of benzene rings is 2. The summed E-state index contributed by atoms with van der Waals surface area (Å²) in [5.74, 6) is -0.698. The maximum absolute atomic E-state index is 13.2. The average Bonchev–Trinajstić information content (AvgIpc) is 3.05. The molecule has 4 rings (SSSR count). The maximum Gasteiger partial charge on any atom is 0.232 e. The molecule has 0 bridgehead atoms. The number of sulfonamides is 1. The summed E-state index contributed by atoms with van der Waals surface area (Å²) in [7, 11) is -2.22. The van der Waals surface area contributed by atoms with Gasteiger partial charge in [0.1, 0.15) is 11.3 Å². The Hall–Kier alpha value is -3.33. The highest BCUT2D eigenvalue weighted by Gasteiger charge is 2.26. The molecule has 2 aromatic heterocycles. The minimum atomic E-state index is -3.65. The molecule has 0 unspecified atom stereocenters. The van der Waals surface area contributed by atoms with Gasteiger partial charge in [0.15, 0.2) is 5.75 Å². The van der Waals surface area contributed by atoms with Gasteiger partial charge in [0.25, 0.3) is 0 Å². The lowest BCUT2D eigenvalue weighted by Crippen LogP contribution is -2.25. The van der Waals surface area contributed by atoms with Crippen LogP contribution in [-0.4, -0.2) is 41.5 Å². The number of anilines is 1. The molecule has 2 N–H and O–H groups in total. The molecule has 4 aromatic rings. The van der Waals surface area contributed by atoms with Gasteiger partial charge in [0.05, 0.1) is 17.3 Å². The van der Waals surface area contributed by atoms with Crippen molar-refractivity contribution in [1.82, 2.24) is 9.55 Å². The van der Waals surface area contributed by atoms with Crippen LogP contribution in [0.4, 0.5) is 10.1 Å². The Balaban J connectivity index is 2.03. The summed E-state index contributed by atoms with van der Waals surface area (Å²) in [6, 6.07) is 7.85. The highest BCUT2D eigenvalue weighted by Crippen LogP contribution is 2.46. The number of aromatic nitrogens is 2. The van der Waals surface area contributed by atoms with Gasteiger partial charge in [-0.05, 0) is 42.7 Å². The van der Waals surface area contributed by atoms with E-state index in [9.17, 15) is 23.0 Å². The average molecular weight is 444 g/mol. The first-order valence-corrected chi connectivity index (χ1v) is 11.5. The van der Waals surface area contributed by atoms with Gasteiger partial charge in [0, 0.05) is 36.8 Å². The molecule has 162 valence electrons. The number of halogens is 1. The zero-order valence-electron chi connectivity index (χ0n) is 17.3. The first kappa shape index (κ1) is 20.9. The van der Waals surface area contributed by atoms with Gasteiger partial charge < -0.3 is 14.8 Å². The Morgan fingerprint density at radius 1 is 1.13 bits per heavy atom. The van der Waals surface area contributed by atoms with Gasteiger partial charge in [-0.3, -0.25) is 9.29 Å². The van der Waals surface area contributed by atoms with E-state index in [2.05, 4.69) is 4.98 Å². The van der Waals surface area contributed by atoms with Crippen molar-refractivity contribution in [2.24, 2.45) is 0 Å². The predicted octanol–water partition coefficient (Wildman–Crippen LogP) is 3.75. The molecule has 0 spiro atoms. The highest BCUT2D eigenvalue weighted by atomic mass is 32.2. The summed E-state index contributed by atoms with van der Waals surface area (Å²) < 4.78 is 40.7. The number of fused-ring (bicyclic) bond motifs is 2. The number of phenols is 1. The molecule has 0 aliphatic rings. The number of nitrogens with zero attached hydrogens (tertiary/aromatic N) is 3. The smallest absolute Gasteiger partial charge is 0.232 e. The number of hydrogen-bond acceptors (Lipinski definition) is 5. The lowest BCUT2D eigenvalue weighted by Gasteiger charge is -2.21. The van der Waals surface area contributed by atoms with Gasteiger partial charge in [-0.15, -0.1) is 0 Å². The van der Waals surface area contributed by atoms with E-state index in [-0.39, 0.29) is 28.3 Å². The summed E-state index contributed by atoms with van der Waals surface area (Å²) >= 11 is 0. The standard InChI is InChI=1S/C22H22FN3O4S/c1-4-26-12-17-18(22(26)28)21(27)19-16(20(17)25(2)31(3,29)30)10-14(11-24-19)9-13-5-7-15(23)8-6-13/h5-8,10-12,27-28H,4,9H2,1-3H3. The number of aromatic hydroxyl groups is 2. The Morgan fingerprint density at radius 2 is 1.81 bits per heavy atom. The van der Waals surface area contributed by atoms with Crippen molar-refractivity contribution in [3.8, 4) is 11.6 Å². The van der Waals surface area contributed by atoms with E-state index in [4.69, 9.17) is 0 Å². The first-order valence-electron chi connectivity index (χ1n) is 9.65. The van der Waals surface area contributed by atoms with Crippen molar-refractivity contribution in [1.29, 1.82) is 0 Å². The molecule has 2 aromatic carbocycles. The predicted molar refractivity (Wildman–Crippen MR) is 119 cm³/mol. The summed E-state index contributed by atoms with van der Waals surface area (Å²) in [5, 5.41) is 22.5. The molecule has 0 fully saturated rings. The fraction of sp³-hybridized carbons (Fsp3) is 0.227. The number of hydrogen-bond donors (Lipinski definition) is 2. The number of aryl methyl sites for hydroxylation is 1. The largest absolute Gasteiger partial charge is 0.505 e. The Kier molecular flexibility index (Phi) is 5.01. The molecule has 0 saturated heterocycles. The van der Waals surface area contributed by atoms with E-state index in [1.54, 1.807) is 30.6 Å². The third-order valence-corrected chi connectivity index (χ3v) is 6.62. The van der Waals surface area contributed by atoms with Crippen LogP contribution >= 0.6 is 0 Å². The molecule has 0 aliphatic carbocycles. The Labute approximate surface area is 179 Å². The third-order valence-electron chi connectivity index (χ3n) is 5.44. The lowest BCUT2D eigenvalue weighted by atomic mass is 10.0. The summed E-state index contributed by atoms with van der Waals surface area (Å²) in [6.45, 7) is 2.26. The van der Waals surface area contributed by atoms with E-state index in [1.807, 2.05) is 6.92 Å². The molecule has 2 heterocycles. The second-order valence-electron chi connectivity index (χ2n) is 7.50. The molecule has 0 amide bonds. The monoisotopic (exact) mass is 443 g/mol. The second kappa shape index (κ2) is 7.42. The molecule has 0 radical (unpaired) electrons. The minimum Gasteiger partial charge on any atom is -0.505 e. The van der Waals surface area contributed by atoms with E-state index in [0.29, 0.717) is 29.4 Å². The van der Waals surface area contributed by atoms with Gasteiger partial charge in [-0.2, -0.15) is 0 Å². The summed E-state index contributed by atoms with van der Waals surface area (Å²) in [4.78, 5) is 4.38. The normalized spacial score (nSPS) is 12.0. The van der Waals surface area contributed by atoms with Crippen LogP contribution in [0.1, 0.15) is 18.1 Å². The molecule has 7 nitrogen and oxygen atoms in total. The molecule has 0 atom stereocenters. The molecule has 31 heavy (non-hydrogen) atoms. The van der Waals surface area contributed by atoms with Crippen LogP contribution in [0.25, 0.3) is 21.7 Å². The molecular formula is C22H22FN3O4S. The van der Waals surface area contributed by atoms with E-state index >= 15 is 0 Å². The number of phenolic OH excluding ortho intramolecular Hbond substituents is 1. The van der Waals surface area contributed by atoms with Crippen molar-refractivity contribution in [2.45, 2.75) is 19.9 Å². The van der Waals surface area contributed by atoms with Gasteiger partial charge in [0.2, 0.25) is 15.9 Å². The van der Waals surface area contributed by atoms with Crippen molar-refractivity contribution in [2.75, 3.05) is 17.6 Å². The van der Waals surface area contributed by atoms with E-state index in [0.717, 1.165) is 21.7 Å². The minimum absolute atomic E-state index is 0.152. The van der Waals surface area contributed by atoms with Gasteiger partial charge >= 0.3 is 0 Å². The fourth-order valence-corrected chi connectivity index (χ4v) is 4.31. The van der Waals surface area contributed by atoms with Crippen LogP contribution in [0.2, 0.25) is 0 Å². The fourth-order valence-electron chi connectivity index (χ4n) is 3.78. The van der Waals surface area contributed by atoms with Crippen LogP contribution < -0.4 is 4.31 Å². The maximum atomic E-state index is 13.2. The Bertz CT molecular complexity index is 1410. The molecule has 9 heteroatoms. The SMILES string of the molecule is CCn1cc2c(N(C)S(C)(=O)=O)c3cc(Cc4ccc(F)cc4)cnc3c(O)c2c1O. The highest BCUT2D eigenvalue weighted by molar-refractivity contribution is 7.92. The lowest BCUT2D eigenvalue weighted by molar-refractivity contribution is 0.423. The van der Waals surface area contributed by atoms with Crippen molar-refractivity contribution >= 4 is 37.4 Å². The van der Waals surface area contributed by atoms with Gasteiger partial charge in [-0.25, -0.2) is 12.8 Å². The zero-order chi connectivity index (χ0) is 22.5. The van der Waals surface area contributed by atoms with Crippen LogP contribution in [0.5, 0.6) is 11.6 Å². The summed E-state index contributed by atoms with van der Waals surface area (Å²) in [6.07, 6.45) is 4.73. The molecule has 0 aliphatic heterocycles. The third kappa shape index (κ3) is 3.54. The molecule has 0 saturated carbocycles. The van der Waals surface area contributed by atoms with Crippen LogP contribution in [0, 0.1) is 5.82 Å². The quantitative estimate of drug-likeness (QED) is 0.490. The first-order chi connectivity index (χ1) is 14.6. The second-order valence-corrected chi connectivity index (χ2v) is 9.51. The number of pyridine rings is 1. The summed E-state index contributed by atoms with van der Waals surface area (Å²) in [5.41, 5.74) is 2.13. The topological polar surface area (TPSA) is 95.7 Å². The van der Waals surface area contributed by atoms with Crippen molar-refractivity contribution in [3.05, 3.63) is 59.7 Å². The number of rotatable bonds is 5. The molecular weight excluding hydrogens is 421 g/mol. The van der Waals surface area contributed by atoms with E-state index < -0.39 is 10.0 Å². The van der Waals surface area contributed by atoms with Crippen molar-refractivity contribution < 1.29 is 23.0 Å². The Morgan fingerprint density at radius 3 is 2.42 bits per heavy atom. The van der Waals surface area contributed by atoms with Crippen molar-refractivity contribution in [3.63, 3.8) is 0 Å². The van der Waals surface area contributed by atoms with Gasteiger partial charge in [-0.1, -0.05) is 12.1 Å².